The summed E-state index contributed by atoms with van der Waals surface area (Å²) in [7, 11) is 0. The highest BCUT2D eigenvalue weighted by atomic mass is 16.1. The van der Waals surface area contributed by atoms with E-state index in [1.54, 1.807) is 24.3 Å². The Bertz CT molecular complexity index is 457. The molecule has 0 spiro atoms. The molecule has 0 atom stereocenters. The van der Waals surface area contributed by atoms with Crippen LogP contribution >= 0.6 is 0 Å². The van der Waals surface area contributed by atoms with Crippen LogP contribution in [-0.4, -0.2) is 12.5 Å². The van der Waals surface area contributed by atoms with E-state index in [9.17, 15) is 4.79 Å². The first-order chi connectivity index (χ1) is 8.96. The highest BCUT2D eigenvalue weighted by Crippen LogP contribution is 2.26. The van der Waals surface area contributed by atoms with Crippen molar-refractivity contribution in [3.05, 3.63) is 29.8 Å². The van der Waals surface area contributed by atoms with Gasteiger partial charge in [-0.05, 0) is 49.1 Å². The van der Waals surface area contributed by atoms with Gasteiger partial charge in [0, 0.05) is 12.1 Å². The summed E-state index contributed by atoms with van der Waals surface area (Å²) >= 11 is 0. The second-order valence-corrected chi connectivity index (χ2v) is 5.44. The summed E-state index contributed by atoms with van der Waals surface area (Å²) in [5, 5.41) is 11.5. The average Bonchev–Trinajstić information content (AvgIpc) is 2.37. The van der Waals surface area contributed by atoms with Crippen molar-refractivity contribution in [2.45, 2.75) is 33.1 Å². The van der Waals surface area contributed by atoms with Crippen molar-refractivity contribution >= 4 is 11.6 Å². The van der Waals surface area contributed by atoms with E-state index in [1.807, 2.05) is 6.07 Å². The molecule has 102 valence electrons. The lowest BCUT2D eigenvalue weighted by Crippen LogP contribution is -2.20. The van der Waals surface area contributed by atoms with Gasteiger partial charge in [-0.1, -0.05) is 13.8 Å². The van der Waals surface area contributed by atoms with Crippen molar-refractivity contribution in [1.82, 2.24) is 0 Å². The Morgan fingerprint density at radius 1 is 1.32 bits per heavy atom. The fourth-order valence-electron chi connectivity index (χ4n) is 1.82. The van der Waals surface area contributed by atoms with Gasteiger partial charge in [-0.2, -0.15) is 5.26 Å². The van der Waals surface area contributed by atoms with E-state index in [0.29, 0.717) is 18.5 Å². The molecule has 0 radical (unpaired) electrons. The molecule has 3 N–H and O–H groups in total. The molecule has 4 heteroatoms. The Balaban J connectivity index is 2.45. The molecule has 0 aromatic heterocycles. The van der Waals surface area contributed by atoms with Crippen LogP contribution in [0.25, 0.3) is 0 Å². The van der Waals surface area contributed by atoms with Gasteiger partial charge in [-0.3, -0.25) is 4.79 Å². The topological polar surface area (TPSA) is 78.9 Å². The maximum absolute atomic E-state index is 11.8. The highest BCUT2D eigenvalue weighted by Gasteiger charge is 2.18. The normalized spacial score (nSPS) is 10.8. The Labute approximate surface area is 114 Å². The molecule has 1 rings (SSSR count). The van der Waals surface area contributed by atoms with Crippen LogP contribution in [0.4, 0.5) is 5.69 Å². The van der Waals surface area contributed by atoms with E-state index in [4.69, 9.17) is 11.0 Å². The summed E-state index contributed by atoms with van der Waals surface area (Å²) in [5.74, 6) is -0.00481. The van der Waals surface area contributed by atoms with E-state index < -0.39 is 0 Å². The highest BCUT2D eigenvalue weighted by molar-refractivity contribution is 5.90. The third-order valence-corrected chi connectivity index (χ3v) is 3.15. The number of rotatable bonds is 6. The summed E-state index contributed by atoms with van der Waals surface area (Å²) in [6.45, 7) is 4.88. The molecule has 0 unspecified atom stereocenters. The predicted molar refractivity (Wildman–Crippen MR) is 76.5 cm³/mol. The van der Waals surface area contributed by atoms with Gasteiger partial charge in [0.25, 0.3) is 0 Å². The number of amides is 1. The van der Waals surface area contributed by atoms with E-state index >= 15 is 0 Å². The Morgan fingerprint density at radius 2 is 1.95 bits per heavy atom. The first-order valence-electron chi connectivity index (χ1n) is 6.47. The Kier molecular flexibility index (Phi) is 5.53. The van der Waals surface area contributed by atoms with Crippen LogP contribution in [0.5, 0.6) is 0 Å². The monoisotopic (exact) mass is 259 g/mol. The number of anilines is 1. The number of benzene rings is 1. The van der Waals surface area contributed by atoms with Crippen LogP contribution in [0.15, 0.2) is 24.3 Å². The maximum atomic E-state index is 11.8. The van der Waals surface area contributed by atoms with Gasteiger partial charge in [0.15, 0.2) is 0 Å². The molecule has 0 aliphatic carbocycles. The Hall–Kier alpha value is -1.86. The van der Waals surface area contributed by atoms with Crippen LogP contribution in [0.2, 0.25) is 0 Å². The maximum Gasteiger partial charge on any atom is 0.224 e. The van der Waals surface area contributed by atoms with Gasteiger partial charge in [0.2, 0.25) is 5.91 Å². The standard InChI is InChI=1S/C15H21N3O/c1-15(2,9-10-16)8-7-14(19)18-13-5-3-12(11-17)4-6-13/h3-6H,7-10,16H2,1-2H3,(H,18,19). The van der Waals surface area contributed by atoms with Crippen molar-refractivity contribution in [1.29, 1.82) is 5.26 Å². The number of nitrogens with two attached hydrogens (primary N) is 1. The lowest BCUT2D eigenvalue weighted by atomic mass is 9.84. The minimum atomic E-state index is -0.00481. The molecule has 0 saturated heterocycles. The number of carbonyl (C=O) groups excluding carboxylic acids is 1. The van der Waals surface area contributed by atoms with Gasteiger partial charge in [-0.15, -0.1) is 0 Å². The lowest BCUT2D eigenvalue weighted by Gasteiger charge is -2.23. The minimum Gasteiger partial charge on any atom is -0.330 e. The van der Waals surface area contributed by atoms with Gasteiger partial charge < -0.3 is 11.1 Å². The molecule has 0 fully saturated rings. The molecular formula is C15H21N3O. The zero-order valence-electron chi connectivity index (χ0n) is 11.6. The summed E-state index contributed by atoms with van der Waals surface area (Å²) in [4.78, 5) is 11.8. The van der Waals surface area contributed by atoms with Crippen LogP contribution in [0.1, 0.15) is 38.7 Å². The third kappa shape index (κ3) is 5.54. The summed E-state index contributed by atoms with van der Waals surface area (Å²) in [6, 6.07) is 8.89. The molecule has 1 aromatic carbocycles. The zero-order valence-corrected chi connectivity index (χ0v) is 11.6. The minimum absolute atomic E-state index is 0.00481. The fraction of sp³-hybridized carbons (Fsp3) is 0.467. The first-order valence-corrected chi connectivity index (χ1v) is 6.47. The lowest BCUT2D eigenvalue weighted by molar-refractivity contribution is -0.116. The first kappa shape index (κ1) is 15.2. The second-order valence-electron chi connectivity index (χ2n) is 5.44. The predicted octanol–water partition coefficient (Wildman–Crippen LogP) is 2.65. The largest absolute Gasteiger partial charge is 0.330 e. The van der Waals surface area contributed by atoms with E-state index in [2.05, 4.69) is 19.2 Å². The van der Waals surface area contributed by atoms with Gasteiger partial charge in [0.05, 0.1) is 11.6 Å². The van der Waals surface area contributed by atoms with E-state index in [0.717, 1.165) is 18.5 Å². The van der Waals surface area contributed by atoms with Crippen LogP contribution in [0.3, 0.4) is 0 Å². The molecule has 1 amide bonds. The molecule has 0 saturated carbocycles. The summed E-state index contributed by atoms with van der Waals surface area (Å²) in [6.07, 6.45) is 2.20. The van der Waals surface area contributed by atoms with Crippen LogP contribution < -0.4 is 11.1 Å². The number of nitrogens with one attached hydrogen (secondary N) is 1. The second kappa shape index (κ2) is 6.91. The van der Waals surface area contributed by atoms with Gasteiger partial charge >= 0.3 is 0 Å². The zero-order chi connectivity index (χ0) is 14.3. The number of hydrogen-bond acceptors (Lipinski definition) is 3. The van der Waals surface area contributed by atoms with Gasteiger partial charge in [-0.25, -0.2) is 0 Å². The smallest absolute Gasteiger partial charge is 0.224 e. The van der Waals surface area contributed by atoms with Crippen molar-refractivity contribution < 1.29 is 4.79 Å². The van der Waals surface area contributed by atoms with Crippen molar-refractivity contribution in [3.8, 4) is 6.07 Å². The van der Waals surface area contributed by atoms with Crippen LogP contribution in [0, 0.1) is 16.7 Å². The average molecular weight is 259 g/mol. The number of nitrogens with zero attached hydrogens (tertiary/aromatic N) is 1. The van der Waals surface area contributed by atoms with Gasteiger partial charge in [0.1, 0.15) is 0 Å². The number of carbonyl (C=O) groups is 1. The Morgan fingerprint density at radius 3 is 2.47 bits per heavy atom. The molecule has 0 heterocycles. The number of nitriles is 1. The SMILES string of the molecule is CC(C)(CCN)CCC(=O)Nc1ccc(C#N)cc1. The molecule has 19 heavy (non-hydrogen) atoms. The van der Waals surface area contributed by atoms with Crippen molar-refractivity contribution in [3.63, 3.8) is 0 Å². The fourth-order valence-corrected chi connectivity index (χ4v) is 1.82. The third-order valence-electron chi connectivity index (χ3n) is 3.15. The molecule has 1 aromatic rings. The quantitative estimate of drug-likeness (QED) is 0.824. The van der Waals surface area contributed by atoms with Crippen molar-refractivity contribution in [2.24, 2.45) is 11.1 Å². The summed E-state index contributed by atoms with van der Waals surface area (Å²) in [5.41, 5.74) is 6.95. The molecule has 4 nitrogen and oxygen atoms in total. The van der Waals surface area contributed by atoms with Crippen molar-refractivity contribution in [2.75, 3.05) is 11.9 Å². The number of hydrogen-bond donors (Lipinski definition) is 2. The summed E-state index contributed by atoms with van der Waals surface area (Å²) < 4.78 is 0. The molecular weight excluding hydrogens is 238 g/mol. The molecule has 0 aliphatic heterocycles. The van der Waals surface area contributed by atoms with Crippen LogP contribution in [-0.2, 0) is 4.79 Å². The molecule has 0 aliphatic rings. The van der Waals surface area contributed by atoms with E-state index in [1.165, 1.54) is 0 Å². The molecule has 0 bridgehead atoms. The van der Waals surface area contributed by atoms with E-state index in [-0.39, 0.29) is 11.3 Å².